The fourth-order valence-electron chi connectivity index (χ4n) is 2.52. The molecule has 98 valence electrons. The van der Waals surface area contributed by atoms with Crippen LogP contribution in [0.15, 0.2) is 53.9 Å². The molecule has 0 radical (unpaired) electrons. The van der Waals surface area contributed by atoms with Crippen molar-refractivity contribution in [2.75, 3.05) is 7.11 Å². The van der Waals surface area contributed by atoms with E-state index in [1.807, 2.05) is 18.2 Å². The van der Waals surface area contributed by atoms with Crippen molar-refractivity contribution >= 4 is 27.3 Å². The smallest absolute Gasteiger partial charge is 0.344 e. The first-order valence-electron chi connectivity index (χ1n) is 6.41. The lowest BCUT2D eigenvalue weighted by Gasteiger charge is -2.01. The Labute approximate surface area is 120 Å². The van der Waals surface area contributed by atoms with Crippen LogP contribution in [0.3, 0.4) is 0 Å². The zero-order valence-electron chi connectivity index (χ0n) is 11.0. The van der Waals surface area contributed by atoms with E-state index in [4.69, 9.17) is 4.74 Å². The third-order valence-electron chi connectivity index (χ3n) is 3.48. The Morgan fingerprint density at radius 3 is 2.90 bits per heavy atom. The van der Waals surface area contributed by atoms with E-state index in [0.717, 1.165) is 21.8 Å². The summed E-state index contributed by atoms with van der Waals surface area (Å²) >= 11 is 1.71. The number of H-pyrrole nitrogens is 1. The molecule has 0 saturated carbocycles. The number of benzene rings is 2. The largest absolute Gasteiger partial charge is 0.497 e. The maximum absolute atomic E-state index is 5.32. The summed E-state index contributed by atoms with van der Waals surface area (Å²) in [6.45, 7) is 0. The molecule has 4 aromatic rings. The fraction of sp³-hybridized carbons (Fsp3) is 0.0625. The molecule has 2 heterocycles. The second-order valence-electron chi connectivity index (χ2n) is 4.64. The van der Waals surface area contributed by atoms with Crippen molar-refractivity contribution in [2.24, 2.45) is 0 Å². The van der Waals surface area contributed by atoms with Crippen LogP contribution in [0, 0.1) is 0 Å². The molecule has 2 aromatic heterocycles. The highest BCUT2D eigenvalue weighted by Crippen LogP contribution is 2.26. The zero-order valence-corrected chi connectivity index (χ0v) is 11.8. The van der Waals surface area contributed by atoms with Gasteiger partial charge in [-0.25, -0.2) is 4.98 Å². The van der Waals surface area contributed by atoms with Crippen LogP contribution in [0.2, 0.25) is 0 Å². The third-order valence-corrected chi connectivity index (χ3v) is 4.33. The summed E-state index contributed by atoms with van der Waals surface area (Å²) in [6.07, 6.45) is 0. The average Bonchev–Trinajstić information content (AvgIpc) is 3.06. The molecule has 2 aromatic carbocycles. The highest BCUT2D eigenvalue weighted by atomic mass is 32.1. The lowest BCUT2D eigenvalue weighted by Crippen LogP contribution is -2.19. The number of imidazole rings is 1. The summed E-state index contributed by atoms with van der Waals surface area (Å²) in [4.78, 5) is 4.59. The number of nitrogens with one attached hydrogen (secondary N) is 1. The molecule has 1 N–H and O–H groups in total. The minimum Gasteiger partial charge on any atom is -0.497 e. The number of nitrogens with zero attached hydrogens (tertiary/aromatic N) is 1. The Hall–Kier alpha value is -2.33. The minimum atomic E-state index is 0.877. The number of thiazole rings is 1. The molecular weight excluding hydrogens is 268 g/mol. The normalized spacial score (nSPS) is 11.2. The predicted octanol–water partition coefficient (Wildman–Crippen LogP) is 3.64. The van der Waals surface area contributed by atoms with Gasteiger partial charge in [-0.3, -0.25) is 0 Å². The molecule has 0 amide bonds. The number of aromatic nitrogens is 2. The van der Waals surface area contributed by atoms with Crippen LogP contribution >= 0.6 is 11.3 Å². The van der Waals surface area contributed by atoms with E-state index in [9.17, 15) is 0 Å². The van der Waals surface area contributed by atoms with Crippen LogP contribution < -0.4 is 9.14 Å². The van der Waals surface area contributed by atoms with Gasteiger partial charge in [-0.15, -0.1) is 0 Å². The van der Waals surface area contributed by atoms with Gasteiger partial charge in [0.2, 0.25) is 0 Å². The second-order valence-corrected chi connectivity index (χ2v) is 5.49. The Morgan fingerprint density at radius 1 is 1.10 bits per heavy atom. The summed E-state index contributed by atoms with van der Waals surface area (Å²) in [5.41, 5.74) is 4.69. The number of para-hydroxylation sites is 2. The summed E-state index contributed by atoms with van der Waals surface area (Å²) in [5.74, 6) is 0.877. The van der Waals surface area contributed by atoms with E-state index in [1.54, 1.807) is 18.4 Å². The Kier molecular flexibility index (Phi) is 2.50. The Morgan fingerprint density at radius 2 is 2.00 bits per heavy atom. The number of methoxy groups -OCH3 is 1. The van der Waals surface area contributed by atoms with Crippen molar-refractivity contribution in [3.63, 3.8) is 0 Å². The van der Waals surface area contributed by atoms with Crippen molar-refractivity contribution in [2.45, 2.75) is 0 Å². The molecule has 0 aliphatic rings. The molecule has 0 bridgehead atoms. The number of rotatable bonds is 2. The summed E-state index contributed by atoms with van der Waals surface area (Å²) < 4.78 is 7.58. The lowest BCUT2D eigenvalue weighted by atomic mass is 10.1. The van der Waals surface area contributed by atoms with Crippen molar-refractivity contribution in [3.05, 3.63) is 53.9 Å². The van der Waals surface area contributed by atoms with Gasteiger partial charge >= 0.3 is 4.96 Å². The van der Waals surface area contributed by atoms with Gasteiger partial charge in [0, 0.05) is 10.9 Å². The molecule has 4 heteroatoms. The van der Waals surface area contributed by atoms with Crippen LogP contribution in [0.1, 0.15) is 0 Å². The van der Waals surface area contributed by atoms with Gasteiger partial charge in [-0.2, -0.15) is 4.40 Å². The first kappa shape index (κ1) is 11.5. The van der Waals surface area contributed by atoms with E-state index in [2.05, 4.69) is 45.1 Å². The molecular formula is C16H13N2OS+. The van der Waals surface area contributed by atoms with E-state index in [0.29, 0.717) is 0 Å². The zero-order chi connectivity index (χ0) is 13.5. The molecule has 0 atom stereocenters. The number of hydrogen-bond acceptors (Lipinski definition) is 2. The average molecular weight is 281 g/mol. The van der Waals surface area contributed by atoms with Gasteiger partial charge in [-0.1, -0.05) is 35.6 Å². The quantitative estimate of drug-likeness (QED) is 0.558. The number of fused-ring (bicyclic) bond motifs is 3. The molecule has 0 spiro atoms. The number of aromatic amines is 1. The molecule has 20 heavy (non-hydrogen) atoms. The van der Waals surface area contributed by atoms with Crippen molar-refractivity contribution in [1.82, 2.24) is 4.98 Å². The third kappa shape index (κ3) is 1.62. The summed E-state index contributed by atoms with van der Waals surface area (Å²) in [6, 6.07) is 16.5. The SMILES string of the molecule is COc1cccc(-c2csc3[nH]c4ccccc4[n+]23)c1. The lowest BCUT2D eigenvalue weighted by molar-refractivity contribution is -0.463. The molecule has 0 unspecified atom stereocenters. The van der Waals surface area contributed by atoms with Gasteiger partial charge in [0.15, 0.2) is 16.7 Å². The monoisotopic (exact) mass is 281 g/mol. The summed E-state index contributed by atoms with van der Waals surface area (Å²) in [7, 11) is 1.70. The van der Waals surface area contributed by atoms with Crippen LogP contribution in [-0.2, 0) is 0 Å². The first-order chi connectivity index (χ1) is 9.86. The topological polar surface area (TPSA) is 29.1 Å². The maximum Gasteiger partial charge on any atom is 0.344 e. The van der Waals surface area contributed by atoms with Crippen molar-refractivity contribution in [1.29, 1.82) is 0 Å². The van der Waals surface area contributed by atoms with Gasteiger partial charge in [-0.05, 0) is 24.3 Å². The van der Waals surface area contributed by atoms with Gasteiger partial charge in [0.05, 0.1) is 7.11 Å². The first-order valence-corrected chi connectivity index (χ1v) is 7.29. The van der Waals surface area contributed by atoms with Crippen LogP contribution in [0.4, 0.5) is 0 Å². The molecule has 0 saturated heterocycles. The molecule has 0 aliphatic carbocycles. The van der Waals surface area contributed by atoms with E-state index < -0.39 is 0 Å². The minimum absolute atomic E-state index is 0.877. The standard InChI is InChI=1S/C16H12N2OS/c1-19-12-6-4-5-11(9-12)15-10-20-16-17-13-7-2-3-8-14(13)18(15)16/h2-10H,1H3/p+1. The molecule has 3 nitrogen and oxygen atoms in total. The van der Waals surface area contributed by atoms with E-state index >= 15 is 0 Å². The Bertz CT molecular complexity index is 907. The molecule has 0 fully saturated rings. The van der Waals surface area contributed by atoms with E-state index in [-0.39, 0.29) is 0 Å². The van der Waals surface area contributed by atoms with E-state index in [1.165, 1.54) is 11.2 Å². The number of hydrogen-bond donors (Lipinski definition) is 1. The predicted molar refractivity (Wildman–Crippen MR) is 81.3 cm³/mol. The second kappa shape index (κ2) is 4.35. The highest BCUT2D eigenvalue weighted by molar-refractivity contribution is 7.15. The fourth-order valence-corrected chi connectivity index (χ4v) is 3.46. The maximum atomic E-state index is 5.32. The molecule has 4 rings (SSSR count). The van der Waals surface area contributed by atoms with Gasteiger partial charge in [0.1, 0.15) is 5.75 Å². The Balaban J connectivity index is 2.03. The summed E-state index contributed by atoms with van der Waals surface area (Å²) in [5, 5.41) is 2.17. The van der Waals surface area contributed by atoms with Crippen molar-refractivity contribution < 1.29 is 9.14 Å². The van der Waals surface area contributed by atoms with Crippen LogP contribution in [-0.4, -0.2) is 12.1 Å². The van der Waals surface area contributed by atoms with Gasteiger partial charge < -0.3 is 4.74 Å². The molecule has 0 aliphatic heterocycles. The number of ether oxygens (including phenoxy) is 1. The van der Waals surface area contributed by atoms with Crippen molar-refractivity contribution in [3.8, 4) is 17.0 Å². The highest BCUT2D eigenvalue weighted by Gasteiger charge is 2.19. The van der Waals surface area contributed by atoms with Crippen LogP contribution in [0.5, 0.6) is 5.75 Å². The van der Waals surface area contributed by atoms with Gasteiger partial charge in [0.25, 0.3) is 0 Å². The van der Waals surface area contributed by atoms with Crippen LogP contribution in [0.25, 0.3) is 27.3 Å².